The second-order valence-corrected chi connectivity index (χ2v) is 8.70. The zero-order valence-electron chi connectivity index (χ0n) is 16.7. The lowest BCUT2D eigenvalue weighted by Crippen LogP contribution is -2.32. The standard InChI is InChI=1S/C19H27N5O3S2/c1-23(2)12-19-22-16(14-29-19)13-28-9-8-20-18(11-24(26)27)21-10-17(25)15-6-4-3-5-7-15/h3-7,14,17,25H,8-13H2,1-2H3,(H,20,21). The molecule has 1 heterocycles. The van der Waals surface area contributed by atoms with Crippen LogP contribution in [-0.4, -0.2) is 65.2 Å². The van der Waals surface area contributed by atoms with Crippen LogP contribution >= 0.6 is 23.1 Å². The Hall–Kier alpha value is -2.01. The summed E-state index contributed by atoms with van der Waals surface area (Å²) in [7, 11) is 4.04. The first kappa shape index (κ1) is 23.3. The van der Waals surface area contributed by atoms with E-state index in [-0.39, 0.29) is 18.9 Å². The molecule has 0 aliphatic rings. The fourth-order valence-electron chi connectivity index (χ4n) is 2.46. The van der Waals surface area contributed by atoms with Crippen LogP contribution in [0.2, 0.25) is 0 Å². The first-order chi connectivity index (χ1) is 13.9. The van der Waals surface area contributed by atoms with E-state index in [1.54, 1.807) is 35.2 Å². The molecule has 2 N–H and O–H groups in total. The molecule has 2 rings (SSSR count). The van der Waals surface area contributed by atoms with Crippen molar-refractivity contribution in [2.24, 2.45) is 4.99 Å². The maximum atomic E-state index is 10.9. The van der Waals surface area contributed by atoms with E-state index in [4.69, 9.17) is 0 Å². The lowest BCUT2D eigenvalue weighted by molar-refractivity contribution is -0.463. The fraction of sp³-hybridized carbons (Fsp3) is 0.474. The van der Waals surface area contributed by atoms with Gasteiger partial charge in [0, 0.05) is 34.9 Å². The van der Waals surface area contributed by atoms with E-state index in [9.17, 15) is 15.2 Å². The number of hydrogen-bond acceptors (Lipinski definition) is 8. The minimum Gasteiger partial charge on any atom is -0.386 e. The van der Waals surface area contributed by atoms with Crippen LogP contribution in [0, 0.1) is 10.1 Å². The smallest absolute Gasteiger partial charge is 0.259 e. The minimum atomic E-state index is -0.782. The van der Waals surface area contributed by atoms with Crippen LogP contribution in [0.3, 0.4) is 0 Å². The summed E-state index contributed by atoms with van der Waals surface area (Å²) in [4.78, 5) is 21.4. The van der Waals surface area contributed by atoms with Crippen LogP contribution < -0.4 is 5.32 Å². The van der Waals surface area contributed by atoms with E-state index in [1.165, 1.54) is 0 Å². The molecule has 0 aliphatic heterocycles. The number of hydrogen-bond donors (Lipinski definition) is 2. The van der Waals surface area contributed by atoms with Gasteiger partial charge in [0.25, 0.3) is 6.54 Å². The third-order valence-corrected chi connectivity index (χ3v) is 5.67. The van der Waals surface area contributed by atoms with Gasteiger partial charge >= 0.3 is 0 Å². The van der Waals surface area contributed by atoms with Crippen molar-refractivity contribution >= 4 is 28.9 Å². The van der Waals surface area contributed by atoms with E-state index in [2.05, 4.69) is 25.6 Å². The van der Waals surface area contributed by atoms with Gasteiger partial charge in [-0.25, -0.2) is 4.98 Å². The Morgan fingerprint density at radius 2 is 2.17 bits per heavy atom. The van der Waals surface area contributed by atoms with Gasteiger partial charge in [0.15, 0.2) is 5.84 Å². The third kappa shape index (κ3) is 9.35. The number of aliphatic hydroxyl groups is 1. The Kier molecular flexibility index (Phi) is 10.1. The van der Waals surface area contributed by atoms with Crippen LogP contribution in [-0.2, 0) is 12.3 Å². The molecule has 158 valence electrons. The summed E-state index contributed by atoms with van der Waals surface area (Å²) in [6.07, 6.45) is -0.782. The molecule has 0 saturated carbocycles. The van der Waals surface area contributed by atoms with Gasteiger partial charge in [-0.2, -0.15) is 11.8 Å². The number of aliphatic imine (C=N–C) groups is 1. The number of rotatable bonds is 12. The number of nitrogens with zero attached hydrogens (tertiary/aromatic N) is 4. The van der Waals surface area contributed by atoms with Crippen LogP contribution in [0.1, 0.15) is 22.4 Å². The van der Waals surface area contributed by atoms with Crippen molar-refractivity contribution in [1.29, 1.82) is 0 Å². The lowest BCUT2D eigenvalue weighted by atomic mass is 10.1. The molecule has 2 aromatic rings. The molecule has 0 bridgehead atoms. The van der Waals surface area contributed by atoms with E-state index < -0.39 is 11.0 Å². The normalized spacial score (nSPS) is 12.9. The summed E-state index contributed by atoms with van der Waals surface area (Å²) in [5, 5.41) is 27.3. The largest absolute Gasteiger partial charge is 0.386 e. The van der Waals surface area contributed by atoms with E-state index in [1.807, 2.05) is 32.3 Å². The predicted molar refractivity (Wildman–Crippen MR) is 119 cm³/mol. The zero-order valence-corrected chi connectivity index (χ0v) is 18.3. The summed E-state index contributed by atoms with van der Waals surface area (Å²) < 4.78 is 0. The van der Waals surface area contributed by atoms with Crippen LogP contribution in [0.15, 0.2) is 40.7 Å². The van der Waals surface area contributed by atoms with Gasteiger partial charge in [-0.05, 0) is 19.7 Å². The Labute approximate surface area is 179 Å². The van der Waals surface area contributed by atoms with E-state index >= 15 is 0 Å². The molecule has 0 fully saturated rings. The Morgan fingerprint density at radius 1 is 1.41 bits per heavy atom. The fourth-order valence-corrected chi connectivity index (χ4v) is 4.23. The van der Waals surface area contributed by atoms with Gasteiger partial charge in [0.1, 0.15) is 5.01 Å². The second kappa shape index (κ2) is 12.5. The summed E-state index contributed by atoms with van der Waals surface area (Å²) in [5.74, 6) is 1.87. The lowest BCUT2D eigenvalue weighted by Gasteiger charge is -2.10. The molecule has 0 aliphatic carbocycles. The average molecular weight is 438 g/mol. The van der Waals surface area contributed by atoms with Gasteiger partial charge in [0.05, 0.1) is 18.3 Å². The monoisotopic (exact) mass is 437 g/mol. The van der Waals surface area contributed by atoms with E-state index in [0.29, 0.717) is 6.54 Å². The van der Waals surface area contributed by atoms with Crippen molar-refractivity contribution in [2.45, 2.75) is 18.4 Å². The van der Waals surface area contributed by atoms with Gasteiger partial charge in [-0.15, -0.1) is 11.3 Å². The molecule has 0 saturated heterocycles. The number of aromatic nitrogens is 1. The second-order valence-electron chi connectivity index (χ2n) is 6.65. The molecule has 1 atom stereocenters. The third-order valence-electron chi connectivity index (χ3n) is 3.79. The van der Waals surface area contributed by atoms with Crippen molar-refractivity contribution < 1.29 is 10.0 Å². The van der Waals surface area contributed by atoms with Crippen molar-refractivity contribution in [3.63, 3.8) is 0 Å². The number of nitro groups is 1. The Bertz CT molecular complexity index is 783. The molecule has 0 amide bonds. The maximum absolute atomic E-state index is 10.9. The number of thiazole rings is 1. The molecule has 0 spiro atoms. The summed E-state index contributed by atoms with van der Waals surface area (Å²) in [6, 6.07) is 9.15. The first-order valence-corrected chi connectivity index (χ1v) is 11.2. The highest BCUT2D eigenvalue weighted by atomic mass is 32.2. The molecule has 1 aromatic carbocycles. The highest BCUT2D eigenvalue weighted by Crippen LogP contribution is 2.16. The number of thioether (sulfide) groups is 1. The number of benzene rings is 1. The van der Waals surface area contributed by atoms with Gasteiger partial charge in [-0.1, -0.05) is 30.3 Å². The molecule has 8 nitrogen and oxygen atoms in total. The van der Waals surface area contributed by atoms with Crippen molar-refractivity contribution in [3.05, 3.63) is 62.1 Å². The Morgan fingerprint density at radius 3 is 2.86 bits per heavy atom. The van der Waals surface area contributed by atoms with Crippen LogP contribution in [0.5, 0.6) is 0 Å². The molecule has 1 unspecified atom stereocenters. The number of amidine groups is 1. The van der Waals surface area contributed by atoms with Crippen molar-refractivity contribution in [3.8, 4) is 0 Å². The predicted octanol–water partition coefficient (Wildman–Crippen LogP) is 2.44. The molecular weight excluding hydrogens is 410 g/mol. The molecular formula is C19H27N5O3S2. The number of aliphatic hydroxyl groups excluding tert-OH is 1. The van der Waals surface area contributed by atoms with E-state index in [0.717, 1.165) is 34.3 Å². The quantitative estimate of drug-likeness (QED) is 0.173. The summed E-state index contributed by atoms with van der Waals surface area (Å²) in [6.45, 7) is 1.10. The van der Waals surface area contributed by atoms with Gasteiger partial charge in [-0.3, -0.25) is 15.1 Å². The minimum absolute atomic E-state index is 0.0841. The van der Waals surface area contributed by atoms with Crippen molar-refractivity contribution in [2.75, 3.05) is 39.5 Å². The highest BCUT2D eigenvalue weighted by Gasteiger charge is 2.11. The SMILES string of the molecule is CN(C)Cc1nc(CSCCNC(C[N+](=O)[O-])=NCC(O)c2ccccc2)cs1. The van der Waals surface area contributed by atoms with Gasteiger partial charge < -0.3 is 15.3 Å². The van der Waals surface area contributed by atoms with Crippen LogP contribution in [0.4, 0.5) is 0 Å². The maximum Gasteiger partial charge on any atom is 0.259 e. The molecule has 10 heteroatoms. The Balaban J connectivity index is 1.75. The molecule has 1 aromatic heterocycles. The first-order valence-electron chi connectivity index (χ1n) is 9.21. The summed E-state index contributed by atoms with van der Waals surface area (Å²) >= 11 is 3.38. The molecule has 29 heavy (non-hydrogen) atoms. The van der Waals surface area contributed by atoms with Crippen LogP contribution in [0.25, 0.3) is 0 Å². The molecule has 0 radical (unpaired) electrons. The highest BCUT2D eigenvalue weighted by molar-refractivity contribution is 7.98. The zero-order chi connectivity index (χ0) is 21.1. The average Bonchev–Trinajstić information content (AvgIpc) is 3.12. The summed E-state index contributed by atoms with van der Waals surface area (Å²) in [5.41, 5.74) is 1.80. The van der Waals surface area contributed by atoms with Crippen molar-refractivity contribution in [1.82, 2.24) is 15.2 Å². The topological polar surface area (TPSA) is 104 Å². The number of nitrogens with one attached hydrogen (secondary N) is 1. The van der Waals surface area contributed by atoms with Gasteiger partial charge in [0.2, 0.25) is 0 Å².